The quantitative estimate of drug-likeness (QED) is 0.635. The Labute approximate surface area is 108 Å². The van der Waals surface area contributed by atoms with E-state index < -0.39 is 8.07 Å². The van der Waals surface area contributed by atoms with Crippen molar-refractivity contribution in [3.63, 3.8) is 0 Å². The van der Waals surface area contributed by atoms with Crippen LogP contribution in [0.3, 0.4) is 0 Å². The van der Waals surface area contributed by atoms with Gasteiger partial charge in [0.15, 0.2) is 0 Å². The molecule has 0 amide bonds. The molecule has 2 aromatic carbocycles. The van der Waals surface area contributed by atoms with Crippen molar-refractivity contribution in [3.8, 4) is 11.1 Å². The summed E-state index contributed by atoms with van der Waals surface area (Å²) in [5, 5.41) is 3.94. The standard InChI is InChI=1S/C15H15ClSi/c1-10-6-4-7-11-14-12(16)8-5-9-13(14)17(2,3)15(10)11/h4-9H,1-3H3. The molecule has 0 atom stereocenters. The van der Waals surface area contributed by atoms with Crippen LogP contribution in [0.4, 0.5) is 0 Å². The van der Waals surface area contributed by atoms with Crippen molar-refractivity contribution in [2.24, 2.45) is 0 Å². The van der Waals surface area contributed by atoms with Gasteiger partial charge in [-0.1, -0.05) is 60.6 Å². The summed E-state index contributed by atoms with van der Waals surface area (Å²) in [5.41, 5.74) is 4.05. The zero-order chi connectivity index (χ0) is 12.2. The number of rotatable bonds is 0. The van der Waals surface area contributed by atoms with Crippen LogP contribution in [0.15, 0.2) is 36.4 Å². The molecule has 0 aliphatic carbocycles. The lowest BCUT2D eigenvalue weighted by Gasteiger charge is -2.20. The van der Waals surface area contributed by atoms with Gasteiger partial charge in [0, 0.05) is 5.02 Å². The van der Waals surface area contributed by atoms with Crippen LogP contribution >= 0.6 is 11.6 Å². The van der Waals surface area contributed by atoms with Crippen molar-refractivity contribution >= 4 is 30.0 Å². The molecule has 86 valence electrons. The first-order valence-corrected chi connectivity index (χ1v) is 9.30. The molecule has 0 radical (unpaired) electrons. The van der Waals surface area contributed by atoms with Crippen LogP contribution in [-0.4, -0.2) is 8.07 Å². The fourth-order valence-corrected chi connectivity index (χ4v) is 7.14. The Morgan fingerprint density at radius 2 is 1.71 bits per heavy atom. The Morgan fingerprint density at radius 3 is 2.47 bits per heavy atom. The van der Waals surface area contributed by atoms with Gasteiger partial charge < -0.3 is 0 Å². The van der Waals surface area contributed by atoms with Gasteiger partial charge in [-0.15, -0.1) is 0 Å². The molecule has 0 saturated carbocycles. The van der Waals surface area contributed by atoms with Crippen molar-refractivity contribution in [3.05, 3.63) is 47.0 Å². The fraction of sp³-hybridized carbons (Fsp3) is 0.200. The van der Waals surface area contributed by atoms with Gasteiger partial charge in [0.2, 0.25) is 0 Å². The molecule has 0 fully saturated rings. The van der Waals surface area contributed by atoms with E-state index in [1.807, 2.05) is 6.07 Å². The summed E-state index contributed by atoms with van der Waals surface area (Å²) in [5.74, 6) is 0. The van der Waals surface area contributed by atoms with Gasteiger partial charge in [-0.2, -0.15) is 0 Å². The molecule has 0 saturated heterocycles. The number of fused-ring (bicyclic) bond motifs is 3. The van der Waals surface area contributed by atoms with Crippen molar-refractivity contribution in [1.29, 1.82) is 0 Å². The number of halogens is 1. The molecule has 0 unspecified atom stereocenters. The summed E-state index contributed by atoms with van der Waals surface area (Å²) in [6, 6.07) is 12.9. The second kappa shape index (κ2) is 3.47. The maximum Gasteiger partial charge on any atom is 0.114 e. The lowest BCUT2D eigenvalue weighted by molar-refractivity contribution is 1.51. The minimum atomic E-state index is -1.54. The number of benzene rings is 2. The molecule has 0 aromatic heterocycles. The first kappa shape index (κ1) is 11.1. The Hall–Kier alpha value is -1.05. The highest BCUT2D eigenvalue weighted by atomic mass is 35.5. The zero-order valence-electron chi connectivity index (χ0n) is 10.3. The average Bonchev–Trinajstić information content (AvgIpc) is 2.50. The van der Waals surface area contributed by atoms with E-state index >= 15 is 0 Å². The molecule has 0 N–H and O–H groups in total. The summed E-state index contributed by atoms with van der Waals surface area (Å²) in [7, 11) is -1.54. The van der Waals surface area contributed by atoms with E-state index in [9.17, 15) is 0 Å². The second-order valence-electron chi connectivity index (χ2n) is 5.28. The predicted octanol–water partition coefficient (Wildman–Crippen LogP) is 3.45. The van der Waals surface area contributed by atoms with E-state index in [2.05, 4.69) is 50.3 Å². The lowest BCUT2D eigenvalue weighted by Crippen LogP contribution is -2.50. The van der Waals surface area contributed by atoms with Crippen LogP contribution in [-0.2, 0) is 0 Å². The molecule has 3 rings (SSSR count). The SMILES string of the molecule is Cc1cccc2c1[Si](C)(C)c1cccc(Cl)c1-2. The summed E-state index contributed by atoms with van der Waals surface area (Å²) in [4.78, 5) is 0. The first-order chi connectivity index (χ1) is 8.03. The molecule has 0 nitrogen and oxygen atoms in total. The minimum absolute atomic E-state index is 0.896. The van der Waals surface area contributed by atoms with Crippen LogP contribution in [0, 0.1) is 6.92 Å². The molecule has 2 heteroatoms. The Bertz CT molecular complexity index is 614. The highest BCUT2D eigenvalue weighted by Gasteiger charge is 2.39. The van der Waals surface area contributed by atoms with Crippen LogP contribution in [0.25, 0.3) is 11.1 Å². The van der Waals surface area contributed by atoms with E-state index in [0.717, 1.165) is 5.02 Å². The molecule has 1 aliphatic heterocycles. The number of hydrogen-bond donors (Lipinski definition) is 0. The highest BCUT2D eigenvalue weighted by Crippen LogP contribution is 2.34. The largest absolute Gasteiger partial charge is 0.114 e. The van der Waals surface area contributed by atoms with Gasteiger partial charge in [-0.3, -0.25) is 0 Å². The van der Waals surface area contributed by atoms with Gasteiger partial charge in [-0.05, 0) is 34.5 Å². The Kier molecular flexibility index (Phi) is 2.26. The third kappa shape index (κ3) is 1.36. The molecule has 2 aromatic rings. The molecule has 0 spiro atoms. The number of aryl methyl sites for hydroxylation is 1. The van der Waals surface area contributed by atoms with Crippen molar-refractivity contribution in [2.45, 2.75) is 20.0 Å². The Balaban J connectivity index is 2.48. The molecule has 0 bridgehead atoms. The van der Waals surface area contributed by atoms with E-state index in [1.54, 1.807) is 5.19 Å². The van der Waals surface area contributed by atoms with Gasteiger partial charge in [-0.25, -0.2) is 0 Å². The lowest BCUT2D eigenvalue weighted by atomic mass is 10.0. The average molecular weight is 259 g/mol. The summed E-state index contributed by atoms with van der Waals surface area (Å²) in [6.45, 7) is 7.05. The summed E-state index contributed by atoms with van der Waals surface area (Å²) in [6.07, 6.45) is 0. The first-order valence-electron chi connectivity index (χ1n) is 5.93. The topological polar surface area (TPSA) is 0 Å². The normalized spacial score (nSPS) is 15.5. The van der Waals surface area contributed by atoms with Gasteiger partial charge in [0.1, 0.15) is 8.07 Å². The van der Waals surface area contributed by atoms with Gasteiger partial charge in [0.05, 0.1) is 0 Å². The summed E-state index contributed by atoms with van der Waals surface area (Å²) >= 11 is 6.40. The molecular weight excluding hydrogens is 244 g/mol. The van der Waals surface area contributed by atoms with E-state index in [4.69, 9.17) is 11.6 Å². The van der Waals surface area contributed by atoms with Gasteiger partial charge in [0.25, 0.3) is 0 Å². The third-order valence-corrected chi connectivity index (χ3v) is 7.85. The van der Waals surface area contributed by atoms with Crippen molar-refractivity contribution in [2.75, 3.05) is 0 Å². The van der Waals surface area contributed by atoms with Crippen molar-refractivity contribution in [1.82, 2.24) is 0 Å². The maximum absolute atomic E-state index is 6.40. The van der Waals surface area contributed by atoms with E-state index in [0.29, 0.717) is 0 Å². The minimum Gasteiger partial charge on any atom is -0.0837 e. The highest BCUT2D eigenvalue weighted by molar-refractivity contribution is 7.04. The molecule has 17 heavy (non-hydrogen) atoms. The Morgan fingerprint density at radius 1 is 1.00 bits per heavy atom. The van der Waals surface area contributed by atoms with Crippen LogP contribution in [0.5, 0.6) is 0 Å². The van der Waals surface area contributed by atoms with Crippen molar-refractivity contribution < 1.29 is 0 Å². The summed E-state index contributed by atoms with van der Waals surface area (Å²) < 4.78 is 0. The van der Waals surface area contributed by atoms with Crippen LogP contribution in [0.2, 0.25) is 18.1 Å². The smallest absolute Gasteiger partial charge is 0.0837 e. The number of hydrogen-bond acceptors (Lipinski definition) is 0. The fourth-order valence-electron chi connectivity index (χ4n) is 3.16. The van der Waals surface area contributed by atoms with Crippen LogP contribution < -0.4 is 10.4 Å². The van der Waals surface area contributed by atoms with E-state index in [1.165, 1.54) is 21.9 Å². The second-order valence-corrected chi connectivity index (χ2v) is 9.98. The van der Waals surface area contributed by atoms with Crippen LogP contribution in [0.1, 0.15) is 5.56 Å². The zero-order valence-corrected chi connectivity index (χ0v) is 12.1. The molecular formula is C15H15ClSi. The maximum atomic E-state index is 6.40. The predicted molar refractivity (Wildman–Crippen MR) is 78.4 cm³/mol. The van der Waals surface area contributed by atoms with E-state index in [-0.39, 0.29) is 0 Å². The third-order valence-electron chi connectivity index (χ3n) is 3.85. The van der Waals surface area contributed by atoms with Gasteiger partial charge >= 0.3 is 0 Å². The molecule has 1 aliphatic rings. The molecule has 1 heterocycles. The monoisotopic (exact) mass is 258 g/mol.